The van der Waals surface area contributed by atoms with E-state index in [4.69, 9.17) is 4.74 Å². The predicted molar refractivity (Wildman–Crippen MR) is 159 cm³/mol. The quantitative estimate of drug-likeness (QED) is 0.360. The van der Waals surface area contributed by atoms with Crippen molar-refractivity contribution in [2.75, 3.05) is 6.54 Å². The van der Waals surface area contributed by atoms with Crippen molar-refractivity contribution in [1.82, 2.24) is 20.9 Å². The number of hydrogen-bond acceptors (Lipinski definition) is 6. The van der Waals surface area contributed by atoms with E-state index >= 15 is 0 Å². The second kappa shape index (κ2) is 12.4. The van der Waals surface area contributed by atoms with Gasteiger partial charge in [0.15, 0.2) is 0 Å². The van der Waals surface area contributed by atoms with Crippen molar-refractivity contribution in [3.8, 4) is 0 Å². The Labute approximate surface area is 249 Å². The van der Waals surface area contributed by atoms with Crippen LogP contribution in [-0.2, 0) is 30.5 Å². The van der Waals surface area contributed by atoms with E-state index < -0.39 is 52.8 Å². The van der Waals surface area contributed by atoms with Gasteiger partial charge >= 0.3 is 6.09 Å². The number of rotatable bonds is 10. The molecule has 1 heterocycles. The lowest BCUT2D eigenvalue weighted by Crippen LogP contribution is -2.60. The summed E-state index contributed by atoms with van der Waals surface area (Å²) in [5.74, 6) is -2.33. The highest BCUT2D eigenvalue weighted by Crippen LogP contribution is 2.65. The van der Waals surface area contributed by atoms with Crippen LogP contribution >= 0.6 is 0 Å². The highest BCUT2D eigenvalue weighted by atomic mass is 16.6. The van der Waals surface area contributed by atoms with E-state index in [2.05, 4.69) is 29.8 Å². The summed E-state index contributed by atoms with van der Waals surface area (Å²) in [6.45, 7) is 17.3. The lowest BCUT2D eigenvalue weighted by atomic mass is 9.85. The average molecular weight is 585 g/mol. The molecule has 1 aliphatic heterocycles. The van der Waals surface area contributed by atoms with Gasteiger partial charge in [-0.2, -0.15) is 0 Å². The molecule has 2 fully saturated rings. The number of alkyl carbamates (subject to hydrolysis) is 1. The number of piperidine rings is 1. The maximum atomic E-state index is 14.0. The standard InChI is InChI=1S/C32H48N4O6/c1-10-14-21(24(37)27(39)33-17-19-15-12-11-13-16-19)34-26(38)23-22-20(32(22,8)9)18-36(23)28(40)25(30(2,3)4)35-29(41)42-31(5,6)7/h11-13,15-16,20-23,25H,10,14,17-18H2,1-9H3,(H,33,39)(H,34,38)(H,35,41)/t20-,21+,22?,23-,25+/m0/s1. The fourth-order valence-electron chi connectivity index (χ4n) is 5.89. The van der Waals surface area contributed by atoms with Crippen LogP contribution in [0.3, 0.4) is 0 Å². The van der Waals surface area contributed by atoms with Crippen molar-refractivity contribution in [2.45, 2.75) is 105 Å². The van der Waals surface area contributed by atoms with Crippen molar-refractivity contribution in [2.24, 2.45) is 22.7 Å². The fraction of sp³-hybridized carbons (Fsp3) is 0.656. The Kier molecular flexibility index (Phi) is 9.79. The van der Waals surface area contributed by atoms with Crippen molar-refractivity contribution >= 4 is 29.6 Å². The summed E-state index contributed by atoms with van der Waals surface area (Å²) in [5, 5.41) is 8.19. The number of carbonyl (C=O) groups is 5. The van der Waals surface area contributed by atoms with Gasteiger partial charge in [0.05, 0.1) is 6.04 Å². The second-order valence-electron chi connectivity index (χ2n) is 14.2. The molecule has 10 heteroatoms. The molecule has 232 valence electrons. The molecule has 1 aromatic carbocycles. The number of ether oxygens (including phenoxy) is 1. The Balaban J connectivity index is 1.78. The second-order valence-corrected chi connectivity index (χ2v) is 14.2. The van der Waals surface area contributed by atoms with Gasteiger partial charge in [0.25, 0.3) is 5.91 Å². The Morgan fingerprint density at radius 3 is 2.17 bits per heavy atom. The molecule has 0 bridgehead atoms. The number of carbonyl (C=O) groups excluding carboxylic acids is 5. The number of hydrogen-bond donors (Lipinski definition) is 3. The minimum Gasteiger partial charge on any atom is -0.444 e. The third-order valence-electron chi connectivity index (χ3n) is 8.26. The fourth-order valence-corrected chi connectivity index (χ4v) is 5.89. The van der Waals surface area contributed by atoms with E-state index in [-0.39, 0.29) is 36.1 Å². The van der Waals surface area contributed by atoms with Gasteiger partial charge in [-0.15, -0.1) is 0 Å². The minimum atomic E-state index is -1.02. The van der Waals surface area contributed by atoms with E-state index in [0.717, 1.165) is 5.56 Å². The van der Waals surface area contributed by atoms with Gasteiger partial charge in [-0.3, -0.25) is 19.2 Å². The first-order chi connectivity index (χ1) is 19.4. The largest absolute Gasteiger partial charge is 0.444 e. The molecule has 0 aromatic heterocycles. The molecule has 1 unspecified atom stereocenters. The third kappa shape index (κ3) is 7.69. The van der Waals surface area contributed by atoms with Crippen molar-refractivity contribution < 1.29 is 28.7 Å². The number of nitrogens with zero attached hydrogens (tertiary/aromatic N) is 1. The molecule has 1 aromatic rings. The first-order valence-electron chi connectivity index (χ1n) is 14.8. The van der Waals surface area contributed by atoms with Crippen molar-refractivity contribution in [3.63, 3.8) is 0 Å². The van der Waals surface area contributed by atoms with Crippen molar-refractivity contribution in [1.29, 1.82) is 0 Å². The van der Waals surface area contributed by atoms with Crippen LogP contribution in [0.25, 0.3) is 0 Å². The maximum Gasteiger partial charge on any atom is 0.408 e. The summed E-state index contributed by atoms with van der Waals surface area (Å²) in [5.41, 5.74) is -0.725. The number of amides is 4. The van der Waals surface area contributed by atoms with E-state index in [1.165, 1.54) is 4.90 Å². The molecule has 3 rings (SSSR count). The number of benzene rings is 1. The predicted octanol–water partition coefficient (Wildman–Crippen LogP) is 3.58. The van der Waals surface area contributed by atoms with Gasteiger partial charge in [-0.05, 0) is 55.4 Å². The number of nitrogens with one attached hydrogen (secondary N) is 3. The van der Waals surface area contributed by atoms with Crippen LogP contribution in [0.4, 0.5) is 4.79 Å². The Morgan fingerprint density at radius 1 is 1.00 bits per heavy atom. The van der Waals surface area contributed by atoms with Crippen LogP contribution in [0.1, 0.15) is 80.7 Å². The van der Waals surface area contributed by atoms with E-state index in [1.807, 2.05) is 58.0 Å². The molecule has 5 atom stereocenters. The molecular formula is C32H48N4O6. The van der Waals surface area contributed by atoms with Gasteiger partial charge in [0.1, 0.15) is 17.7 Å². The molecule has 0 radical (unpaired) electrons. The van der Waals surface area contributed by atoms with E-state index in [9.17, 15) is 24.0 Å². The van der Waals surface area contributed by atoms with Crippen LogP contribution in [0.15, 0.2) is 30.3 Å². The summed E-state index contributed by atoms with van der Waals surface area (Å²) in [4.78, 5) is 68.0. The normalized spacial score (nSPS) is 22.3. The first-order valence-corrected chi connectivity index (χ1v) is 14.8. The summed E-state index contributed by atoms with van der Waals surface area (Å²) >= 11 is 0. The highest BCUT2D eigenvalue weighted by molar-refractivity contribution is 6.38. The van der Waals surface area contributed by atoms with Crippen LogP contribution in [0.5, 0.6) is 0 Å². The van der Waals surface area contributed by atoms with Crippen LogP contribution in [0.2, 0.25) is 0 Å². The molecule has 3 N–H and O–H groups in total. The lowest BCUT2D eigenvalue weighted by Gasteiger charge is -2.38. The molecular weight excluding hydrogens is 536 g/mol. The van der Waals surface area contributed by atoms with Gasteiger partial charge in [0, 0.05) is 13.1 Å². The first kappa shape index (κ1) is 33.1. The maximum absolute atomic E-state index is 14.0. The summed E-state index contributed by atoms with van der Waals surface area (Å²) in [6.07, 6.45) is 0.141. The smallest absolute Gasteiger partial charge is 0.408 e. The third-order valence-corrected chi connectivity index (χ3v) is 8.26. The Bertz CT molecular complexity index is 1180. The van der Waals surface area contributed by atoms with Crippen molar-refractivity contribution in [3.05, 3.63) is 35.9 Å². The number of likely N-dealkylation sites (tertiary alicyclic amines) is 1. The lowest BCUT2D eigenvalue weighted by molar-refractivity contribution is -0.145. The minimum absolute atomic E-state index is 0.104. The Morgan fingerprint density at radius 2 is 1.62 bits per heavy atom. The zero-order chi connectivity index (χ0) is 31.6. The van der Waals surface area contributed by atoms with E-state index in [1.54, 1.807) is 20.8 Å². The van der Waals surface area contributed by atoms with Gasteiger partial charge in [-0.25, -0.2) is 4.79 Å². The molecule has 10 nitrogen and oxygen atoms in total. The summed E-state index contributed by atoms with van der Waals surface area (Å²) in [6, 6.07) is 6.45. The molecule has 1 saturated heterocycles. The van der Waals surface area contributed by atoms with Crippen LogP contribution in [-0.4, -0.2) is 64.8 Å². The molecule has 1 saturated carbocycles. The zero-order valence-corrected chi connectivity index (χ0v) is 26.5. The molecule has 0 spiro atoms. The van der Waals surface area contributed by atoms with Gasteiger partial charge in [0.2, 0.25) is 17.6 Å². The monoisotopic (exact) mass is 584 g/mol. The van der Waals surface area contributed by atoms with E-state index in [0.29, 0.717) is 13.0 Å². The molecule has 1 aliphatic carbocycles. The van der Waals surface area contributed by atoms with Crippen LogP contribution in [0, 0.1) is 22.7 Å². The number of ketones is 1. The Hall–Kier alpha value is -3.43. The SMILES string of the molecule is CCC[C@@H](NC(=O)[C@@H]1C2[C@H](CN1C(=O)[C@@H](NC(=O)OC(C)(C)C)C(C)(C)C)C2(C)C)C(=O)C(=O)NCc1ccccc1. The summed E-state index contributed by atoms with van der Waals surface area (Å²) < 4.78 is 5.41. The topological polar surface area (TPSA) is 134 Å². The van der Waals surface area contributed by atoms with Gasteiger partial charge < -0.3 is 25.6 Å². The molecule has 4 amide bonds. The van der Waals surface area contributed by atoms with Crippen LogP contribution < -0.4 is 16.0 Å². The highest BCUT2D eigenvalue weighted by Gasteiger charge is 2.70. The molecule has 2 aliphatic rings. The molecule has 42 heavy (non-hydrogen) atoms. The van der Waals surface area contributed by atoms with Gasteiger partial charge in [-0.1, -0.05) is 78.3 Å². The summed E-state index contributed by atoms with van der Waals surface area (Å²) in [7, 11) is 0. The number of fused-ring (bicyclic) bond motifs is 1. The zero-order valence-electron chi connectivity index (χ0n) is 26.5. The number of Topliss-reactive ketones (excluding diaryl/α,β-unsaturated/α-hetero) is 1. The average Bonchev–Trinajstić information content (AvgIpc) is 3.21.